The molecule has 1 aliphatic heterocycles. The number of carbonyl (C=O) groups is 1. The van der Waals surface area contributed by atoms with Crippen molar-refractivity contribution in [3.8, 4) is 17.3 Å². The fraction of sp³-hybridized carbons (Fsp3) is 0.370. The Morgan fingerprint density at radius 2 is 2.06 bits per heavy atom. The first kappa shape index (κ1) is 23.2. The number of aliphatic hydroxyl groups is 1. The highest BCUT2D eigenvalue weighted by Crippen LogP contribution is 2.38. The molecule has 1 aromatic heterocycles. The minimum absolute atomic E-state index is 0.0613. The van der Waals surface area contributed by atoms with Gasteiger partial charge in [0, 0.05) is 60.7 Å². The number of fused-ring (bicyclic) bond motifs is 2. The number of benzene rings is 2. The quantitative estimate of drug-likeness (QED) is 0.619. The van der Waals surface area contributed by atoms with Crippen LogP contribution in [0.5, 0.6) is 0 Å². The number of nitrogens with zero attached hydrogens (tertiary/aromatic N) is 4. The van der Waals surface area contributed by atoms with Crippen LogP contribution < -0.4 is 0 Å². The molecule has 0 radical (unpaired) electrons. The van der Waals surface area contributed by atoms with Gasteiger partial charge >= 0.3 is 0 Å². The molecule has 0 fully saturated rings. The third-order valence-corrected chi connectivity index (χ3v) is 7.05. The van der Waals surface area contributed by atoms with E-state index in [1.807, 2.05) is 29.5 Å². The summed E-state index contributed by atoms with van der Waals surface area (Å²) in [5.74, 6) is -1.88. The summed E-state index contributed by atoms with van der Waals surface area (Å²) in [6.45, 7) is 4.94. The van der Waals surface area contributed by atoms with Gasteiger partial charge in [0.2, 0.25) is 5.91 Å². The maximum absolute atomic E-state index is 14.4. The third kappa shape index (κ3) is 4.10. The van der Waals surface area contributed by atoms with Crippen molar-refractivity contribution in [3.05, 3.63) is 76.0 Å². The first-order valence-electron chi connectivity index (χ1n) is 11.8. The van der Waals surface area contributed by atoms with Gasteiger partial charge in [0.1, 0.15) is 11.6 Å². The minimum atomic E-state index is -0.853. The number of hydrogen-bond donors (Lipinski definition) is 1. The molecule has 3 aromatic rings. The van der Waals surface area contributed by atoms with E-state index in [-0.39, 0.29) is 24.8 Å². The predicted octanol–water partition coefficient (Wildman–Crippen LogP) is 3.94. The fourth-order valence-electron chi connectivity index (χ4n) is 5.30. The first-order valence-corrected chi connectivity index (χ1v) is 11.8. The zero-order valence-corrected chi connectivity index (χ0v) is 19.6. The lowest BCUT2D eigenvalue weighted by Gasteiger charge is -2.29. The second kappa shape index (κ2) is 8.90. The number of carbonyl (C=O) groups excluding carboxylic acids is 1. The van der Waals surface area contributed by atoms with Gasteiger partial charge in [-0.1, -0.05) is 26.0 Å². The predicted molar refractivity (Wildman–Crippen MR) is 125 cm³/mol. The first-order chi connectivity index (χ1) is 16.8. The largest absolute Gasteiger partial charge is 0.392 e. The van der Waals surface area contributed by atoms with Crippen molar-refractivity contribution < 1.29 is 18.7 Å². The van der Waals surface area contributed by atoms with Crippen LogP contribution in [-0.2, 0) is 30.7 Å². The molecule has 1 aliphatic carbocycles. The smallest absolute Gasteiger partial charge is 0.225 e. The monoisotopic (exact) mass is 476 g/mol. The molecule has 2 atom stereocenters. The summed E-state index contributed by atoms with van der Waals surface area (Å²) in [4.78, 5) is 14.6. The molecule has 5 rings (SSSR count). The van der Waals surface area contributed by atoms with Gasteiger partial charge in [0.15, 0.2) is 0 Å². The molecule has 180 valence electrons. The molecular formula is C27H26F2N4O2. The summed E-state index contributed by atoms with van der Waals surface area (Å²) in [5, 5.41) is 25.0. The molecule has 6 nitrogen and oxygen atoms in total. The minimum Gasteiger partial charge on any atom is -0.392 e. The Hall–Kier alpha value is -3.57. The van der Waals surface area contributed by atoms with Gasteiger partial charge in [-0.25, -0.2) is 8.78 Å². The summed E-state index contributed by atoms with van der Waals surface area (Å²) in [5.41, 5.74) is 4.60. The van der Waals surface area contributed by atoms with E-state index in [9.17, 15) is 23.9 Å². The maximum atomic E-state index is 14.4. The van der Waals surface area contributed by atoms with E-state index in [4.69, 9.17) is 5.10 Å². The molecule has 0 spiro atoms. The van der Waals surface area contributed by atoms with E-state index in [1.54, 1.807) is 18.2 Å². The van der Waals surface area contributed by atoms with E-state index in [2.05, 4.69) is 6.07 Å². The van der Waals surface area contributed by atoms with Gasteiger partial charge in [0.05, 0.1) is 30.0 Å². The van der Waals surface area contributed by atoms with Gasteiger partial charge in [-0.3, -0.25) is 9.48 Å². The molecular weight excluding hydrogens is 450 g/mol. The van der Waals surface area contributed by atoms with Crippen LogP contribution in [0.1, 0.15) is 47.7 Å². The van der Waals surface area contributed by atoms with E-state index in [1.165, 1.54) is 6.07 Å². The van der Waals surface area contributed by atoms with Crippen LogP contribution in [0, 0.1) is 28.9 Å². The lowest BCUT2D eigenvalue weighted by atomic mass is 9.97. The summed E-state index contributed by atoms with van der Waals surface area (Å²) in [6, 6.07) is 11.5. The highest BCUT2D eigenvalue weighted by molar-refractivity contribution is 5.79. The van der Waals surface area contributed by atoms with Crippen molar-refractivity contribution in [1.82, 2.24) is 14.7 Å². The molecule has 0 bridgehead atoms. The highest BCUT2D eigenvalue weighted by atomic mass is 19.1. The summed E-state index contributed by atoms with van der Waals surface area (Å²) in [6.07, 6.45) is -0.149. The molecule has 2 aromatic carbocycles. The van der Waals surface area contributed by atoms with E-state index < -0.39 is 23.7 Å². The normalized spacial score (nSPS) is 18.9. The molecule has 0 saturated carbocycles. The van der Waals surface area contributed by atoms with Crippen molar-refractivity contribution in [1.29, 1.82) is 5.26 Å². The summed E-state index contributed by atoms with van der Waals surface area (Å²) in [7, 11) is 0. The molecule has 2 heterocycles. The number of aliphatic hydroxyl groups excluding tert-OH is 1. The number of amides is 1. The van der Waals surface area contributed by atoms with Crippen molar-refractivity contribution in [2.24, 2.45) is 5.92 Å². The Balaban J connectivity index is 1.57. The molecule has 0 saturated heterocycles. The second-order valence-electron chi connectivity index (χ2n) is 9.65. The molecule has 1 amide bonds. The SMILES string of the molecule is CC(C)C(=O)N1CCc2c(c(-c3cccc(C#N)c3)nn2CC2c3cc(F)cc(F)c3C[C@H]2O)C1. The molecule has 8 heteroatoms. The van der Waals surface area contributed by atoms with Crippen molar-refractivity contribution >= 4 is 5.91 Å². The van der Waals surface area contributed by atoms with Crippen LogP contribution in [0.25, 0.3) is 11.3 Å². The lowest BCUT2D eigenvalue weighted by molar-refractivity contribution is -0.135. The van der Waals surface area contributed by atoms with Gasteiger partial charge in [-0.2, -0.15) is 10.4 Å². The topological polar surface area (TPSA) is 82.2 Å². The summed E-state index contributed by atoms with van der Waals surface area (Å²) < 4.78 is 30.2. The fourth-order valence-corrected chi connectivity index (χ4v) is 5.30. The lowest BCUT2D eigenvalue weighted by Crippen LogP contribution is -2.39. The number of aromatic nitrogens is 2. The zero-order chi connectivity index (χ0) is 24.9. The Bertz CT molecular complexity index is 1360. The van der Waals surface area contributed by atoms with Crippen molar-refractivity contribution in [3.63, 3.8) is 0 Å². The highest BCUT2D eigenvalue weighted by Gasteiger charge is 2.36. The Labute approximate surface area is 202 Å². The second-order valence-corrected chi connectivity index (χ2v) is 9.65. The number of nitriles is 1. The third-order valence-electron chi connectivity index (χ3n) is 7.05. The van der Waals surface area contributed by atoms with E-state index in [0.717, 1.165) is 22.9 Å². The van der Waals surface area contributed by atoms with Crippen LogP contribution in [0.2, 0.25) is 0 Å². The Kier molecular flexibility index (Phi) is 5.89. The standard InChI is InChI=1S/C27H26F2N4O2/c1-15(2)27(35)32-7-6-24-22(13-32)26(17-5-3-4-16(8-17)12-30)31-33(24)14-21-19-9-18(28)10-23(29)20(19)11-25(21)34/h3-5,8-10,15,21,25,34H,6-7,11,13-14H2,1-2H3/t21?,25-/m1/s1. The van der Waals surface area contributed by atoms with Crippen molar-refractivity contribution in [2.45, 2.75) is 51.8 Å². The molecule has 1 N–H and O–H groups in total. The van der Waals surface area contributed by atoms with Gasteiger partial charge in [0.25, 0.3) is 0 Å². The van der Waals surface area contributed by atoms with Crippen LogP contribution in [-0.4, -0.2) is 38.3 Å². The number of hydrogen-bond acceptors (Lipinski definition) is 4. The van der Waals surface area contributed by atoms with E-state index >= 15 is 0 Å². The van der Waals surface area contributed by atoms with Crippen molar-refractivity contribution in [2.75, 3.05) is 6.54 Å². The average Bonchev–Trinajstić information content (AvgIpc) is 3.36. The van der Waals surface area contributed by atoms with Gasteiger partial charge in [-0.15, -0.1) is 0 Å². The number of rotatable bonds is 4. The van der Waals surface area contributed by atoms with E-state index in [0.29, 0.717) is 41.9 Å². The Morgan fingerprint density at radius 1 is 1.26 bits per heavy atom. The molecule has 1 unspecified atom stereocenters. The van der Waals surface area contributed by atoms with Crippen LogP contribution in [0.3, 0.4) is 0 Å². The van der Waals surface area contributed by atoms with Gasteiger partial charge < -0.3 is 10.0 Å². The van der Waals surface area contributed by atoms with Crippen LogP contribution in [0.15, 0.2) is 36.4 Å². The van der Waals surface area contributed by atoms with Gasteiger partial charge in [-0.05, 0) is 29.3 Å². The summed E-state index contributed by atoms with van der Waals surface area (Å²) >= 11 is 0. The zero-order valence-electron chi connectivity index (χ0n) is 19.6. The average molecular weight is 477 g/mol. The molecule has 2 aliphatic rings. The van der Waals surface area contributed by atoms with Crippen LogP contribution >= 0.6 is 0 Å². The Morgan fingerprint density at radius 3 is 2.80 bits per heavy atom. The number of halogens is 2. The maximum Gasteiger partial charge on any atom is 0.225 e. The van der Waals surface area contributed by atoms with Crippen LogP contribution in [0.4, 0.5) is 8.78 Å². The molecule has 35 heavy (non-hydrogen) atoms.